The number of anilines is 2. The van der Waals surface area contributed by atoms with Gasteiger partial charge >= 0.3 is 0 Å². The van der Waals surface area contributed by atoms with Crippen LogP contribution in [-0.2, 0) is 9.84 Å². The van der Waals surface area contributed by atoms with Gasteiger partial charge in [-0.05, 0) is 37.3 Å². The minimum Gasteiger partial charge on any atom is -0.268 e. The van der Waals surface area contributed by atoms with Crippen molar-refractivity contribution in [2.24, 2.45) is 0 Å². The zero-order chi connectivity index (χ0) is 18.0. The Kier molecular flexibility index (Phi) is 4.69. The van der Waals surface area contributed by atoms with Crippen LogP contribution in [0.3, 0.4) is 0 Å². The second-order valence-corrected chi connectivity index (χ2v) is 8.40. The smallest absolute Gasteiger partial charge is 0.264 e. The molecule has 0 bridgehead atoms. The van der Waals surface area contributed by atoms with Gasteiger partial charge in [-0.3, -0.25) is 9.69 Å². The zero-order valence-electron chi connectivity index (χ0n) is 13.7. The fraction of sp³-hybridized carbons (Fsp3) is 0.111. The summed E-state index contributed by atoms with van der Waals surface area (Å²) in [6.07, 6.45) is 1.12. The third kappa shape index (κ3) is 3.78. The lowest BCUT2D eigenvalue weighted by Crippen LogP contribution is -2.26. The number of hydrogen-bond donors (Lipinski definition) is 0. The Hall–Kier alpha value is -2.51. The average Bonchev–Trinajstić information content (AvgIpc) is 3.01. The number of carbonyl (C=O) groups excluding carboxylic acids is 1. The van der Waals surface area contributed by atoms with Crippen LogP contribution in [0.15, 0.2) is 64.9 Å². The van der Waals surface area contributed by atoms with E-state index in [0.717, 1.165) is 11.9 Å². The first-order valence-corrected chi connectivity index (χ1v) is 10.2. The minimum atomic E-state index is -3.39. The number of sulfone groups is 1. The lowest BCUT2D eigenvalue weighted by Gasteiger charge is -2.20. The van der Waals surface area contributed by atoms with Crippen molar-refractivity contribution in [3.63, 3.8) is 0 Å². The lowest BCUT2D eigenvalue weighted by atomic mass is 10.2. The maximum atomic E-state index is 13.1. The molecule has 0 aliphatic carbocycles. The van der Waals surface area contributed by atoms with Gasteiger partial charge in [0.05, 0.1) is 16.3 Å². The van der Waals surface area contributed by atoms with Crippen LogP contribution in [0.4, 0.5) is 10.8 Å². The van der Waals surface area contributed by atoms with Crippen LogP contribution in [0.2, 0.25) is 0 Å². The van der Waals surface area contributed by atoms with Crippen molar-refractivity contribution < 1.29 is 13.2 Å². The van der Waals surface area contributed by atoms with E-state index in [-0.39, 0.29) is 10.8 Å². The highest BCUT2D eigenvalue weighted by Gasteiger charge is 2.23. The van der Waals surface area contributed by atoms with Crippen molar-refractivity contribution in [2.75, 3.05) is 11.2 Å². The molecule has 1 aromatic heterocycles. The van der Waals surface area contributed by atoms with E-state index in [9.17, 15) is 13.2 Å². The molecule has 1 amide bonds. The number of aromatic nitrogens is 1. The van der Waals surface area contributed by atoms with Gasteiger partial charge in [-0.1, -0.05) is 24.3 Å². The number of hydrogen-bond acceptors (Lipinski definition) is 5. The van der Waals surface area contributed by atoms with Gasteiger partial charge in [-0.15, -0.1) is 11.3 Å². The lowest BCUT2D eigenvalue weighted by molar-refractivity contribution is 0.0999. The number of benzene rings is 2. The predicted octanol–water partition coefficient (Wildman–Crippen LogP) is 3.83. The normalized spacial score (nSPS) is 11.3. The Labute approximate surface area is 150 Å². The molecule has 0 N–H and O–H groups in total. The van der Waals surface area contributed by atoms with Gasteiger partial charge in [-0.25, -0.2) is 13.4 Å². The molecule has 0 aliphatic rings. The van der Waals surface area contributed by atoms with E-state index in [2.05, 4.69) is 4.98 Å². The van der Waals surface area contributed by atoms with Gasteiger partial charge in [0.15, 0.2) is 15.0 Å². The van der Waals surface area contributed by atoms with Gasteiger partial charge < -0.3 is 0 Å². The molecule has 2 aromatic carbocycles. The summed E-state index contributed by atoms with van der Waals surface area (Å²) in [5, 5.41) is 2.41. The van der Waals surface area contributed by atoms with Crippen LogP contribution in [0, 0.1) is 6.92 Å². The molecule has 0 atom stereocenters. The van der Waals surface area contributed by atoms with Crippen LogP contribution in [0.25, 0.3) is 0 Å². The molecule has 0 saturated carbocycles. The summed E-state index contributed by atoms with van der Waals surface area (Å²) in [7, 11) is -3.39. The van der Waals surface area contributed by atoms with Crippen LogP contribution in [0.1, 0.15) is 16.1 Å². The van der Waals surface area contributed by atoms with Crippen LogP contribution in [0.5, 0.6) is 0 Å². The number of rotatable bonds is 4. The molecular formula is C18H16N2O3S2. The highest BCUT2D eigenvalue weighted by atomic mass is 32.2. The molecule has 0 spiro atoms. The molecular weight excluding hydrogens is 356 g/mol. The van der Waals surface area contributed by atoms with Gasteiger partial charge in [0.2, 0.25) is 0 Å². The molecule has 25 heavy (non-hydrogen) atoms. The maximum Gasteiger partial charge on any atom is 0.264 e. The Morgan fingerprint density at radius 1 is 1.08 bits per heavy atom. The van der Waals surface area contributed by atoms with Gasteiger partial charge in [0, 0.05) is 17.2 Å². The molecule has 5 nitrogen and oxygen atoms in total. The van der Waals surface area contributed by atoms with Crippen LogP contribution >= 0.6 is 11.3 Å². The van der Waals surface area contributed by atoms with Crippen molar-refractivity contribution in [1.29, 1.82) is 0 Å². The molecule has 0 fully saturated rings. The van der Waals surface area contributed by atoms with Gasteiger partial charge in [0.25, 0.3) is 5.91 Å². The van der Waals surface area contributed by atoms with E-state index in [1.54, 1.807) is 12.1 Å². The van der Waals surface area contributed by atoms with Crippen molar-refractivity contribution in [1.82, 2.24) is 4.98 Å². The second-order valence-electron chi connectivity index (χ2n) is 5.55. The molecule has 0 aliphatic heterocycles. The summed E-state index contributed by atoms with van der Waals surface area (Å²) in [5.41, 5.74) is 1.78. The average molecular weight is 372 g/mol. The summed E-state index contributed by atoms with van der Waals surface area (Å²) < 4.78 is 23.6. The standard InChI is InChI=1S/C18H16N2O3S2/c1-13-12-24-18(19-13)20(15-8-4-3-5-9-15)17(21)14-7-6-10-16(11-14)25(2,22)23/h3-12H,1-2H3. The van der Waals surface area contributed by atoms with E-state index in [1.807, 2.05) is 42.6 Å². The SMILES string of the molecule is Cc1csc(N(C(=O)c2cccc(S(C)(=O)=O)c2)c2ccccc2)n1. The van der Waals surface area contributed by atoms with E-state index in [4.69, 9.17) is 0 Å². The van der Waals surface area contributed by atoms with Crippen molar-refractivity contribution >= 4 is 37.9 Å². The van der Waals surface area contributed by atoms with E-state index < -0.39 is 9.84 Å². The third-order valence-corrected chi connectivity index (χ3v) is 5.58. The van der Waals surface area contributed by atoms with E-state index in [0.29, 0.717) is 16.4 Å². The topological polar surface area (TPSA) is 67.3 Å². The summed E-state index contributed by atoms with van der Waals surface area (Å²) in [4.78, 5) is 19.2. The van der Waals surface area contributed by atoms with Crippen molar-refractivity contribution in [3.8, 4) is 0 Å². The third-order valence-electron chi connectivity index (χ3n) is 3.52. The number of nitrogens with zero attached hydrogens (tertiary/aromatic N) is 2. The molecule has 1 heterocycles. The maximum absolute atomic E-state index is 13.1. The van der Waals surface area contributed by atoms with Crippen molar-refractivity contribution in [3.05, 3.63) is 71.2 Å². The van der Waals surface area contributed by atoms with E-state index in [1.165, 1.54) is 28.4 Å². The number of aryl methyl sites for hydroxylation is 1. The van der Waals surface area contributed by atoms with Crippen LogP contribution < -0.4 is 4.90 Å². The molecule has 0 unspecified atom stereocenters. The number of carbonyl (C=O) groups is 1. The molecule has 3 rings (SSSR count). The number of thiazole rings is 1. The van der Waals surface area contributed by atoms with E-state index >= 15 is 0 Å². The molecule has 7 heteroatoms. The Morgan fingerprint density at radius 3 is 2.40 bits per heavy atom. The highest BCUT2D eigenvalue weighted by Crippen LogP contribution is 2.30. The minimum absolute atomic E-state index is 0.113. The quantitative estimate of drug-likeness (QED) is 0.698. The van der Waals surface area contributed by atoms with Crippen LogP contribution in [-0.4, -0.2) is 25.6 Å². The fourth-order valence-corrected chi connectivity index (χ4v) is 3.81. The Balaban J connectivity index is 2.10. The second kappa shape index (κ2) is 6.78. The summed E-state index contributed by atoms with van der Waals surface area (Å²) in [6, 6.07) is 15.2. The number of para-hydroxylation sites is 1. The monoisotopic (exact) mass is 372 g/mol. The molecule has 128 valence electrons. The Bertz CT molecular complexity index is 1010. The summed E-state index contributed by atoms with van der Waals surface area (Å²) in [6.45, 7) is 1.86. The fourth-order valence-electron chi connectivity index (χ4n) is 2.32. The zero-order valence-corrected chi connectivity index (χ0v) is 15.3. The van der Waals surface area contributed by atoms with Gasteiger partial charge in [0.1, 0.15) is 0 Å². The molecule has 0 radical (unpaired) electrons. The first-order valence-electron chi connectivity index (χ1n) is 7.48. The largest absolute Gasteiger partial charge is 0.268 e. The first-order chi connectivity index (χ1) is 11.9. The van der Waals surface area contributed by atoms with Crippen molar-refractivity contribution in [2.45, 2.75) is 11.8 Å². The predicted molar refractivity (Wildman–Crippen MR) is 99.3 cm³/mol. The molecule has 3 aromatic rings. The molecule has 0 saturated heterocycles. The summed E-state index contributed by atoms with van der Waals surface area (Å²) >= 11 is 1.36. The first kappa shape index (κ1) is 17.3. The van der Waals surface area contributed by atoms with Gasteiger partial charge in [-0.2, -0.15) is 0 Å². The Morgan fingerprint density at radius 2 is 1.80 bits per heavy atom. The number of amides is 1. The highest BCUT2D eigenvalue weighted by molar-refractivity contribution is 7.90. The summed E-state index contributed by atoms with van der Waals surface area (Å²) in [5.74, 6) is -0.328.